The van der Waals surface area contributed by atoms with Crippen molar-refractivity contribution in [2.45, 2.75) is 21.2 Å². The number of hydrazine groups is 3. The number of nitrogens with one attached hydrogen (secondary N) is 6. The molecule has 3 heterocycles. The zero-order valence-electron chi connectivity index (χ0n) is 16.1. The van der Waals surface area contributed by atoms with Crippen LogP contribution in [0.2, 0.25) is 0 Å². The summed E-state index contributed by atoms with van der Waals surface area (Å²) in [5.41, 5.74) is 19.9. The second-order valence-electron chi connectivity index (χ2n) is 7.27. The molecule has 2 fully saturated rings. The third-order valence-electron chi connectivity index (χ3n) is 5.31. The summed E-state index contributed by atoms with van der Waals surface area (Å²) in [5, 5.41) is 8.54. The Morgan fingerprint density at radius 1 is 1.06 bits per heavy atom. The van der Waals surface area contributed by atoms with Gasteiger partial charge in [-0.3, -0.25) is 4.21 Å². The topological polar surface area (TPSA) is 192 Å². The van der Waals surface area contributed by atoms with E-state index in [1.165, 1.54) is 0 Å². The summed E-state index contributed by atoms with van der Waals surface area (Å²) in [4.78, 5) is 7.34. The van der Waals surface area contributed by atoms with Gasteiger partial charge in [-0.25, -0.2) is 29.4 Å². The van der Waals surface area contributed by atoms with E-state index in [0.717, 1.165) is 0 Å². The molecule has 0 spiro atoms. The standard InChI is InChI=1S/C17H21N9O3S2/c18-17-21-11-3-1-2-10(14(11)22-17)9-4-5-12(30(27)8-6-20-7-8)15(31(19,28)29)13(9)16-23-25-26-24-16/h1-5,8,16,20,23-26H,6-7H2,(H3,18,21,22)(H2,19,28,29). The van der Waals surface area contributed by atoms with Gasteiger partial charge in [-0.2, -0.15) is 11.1 Å². The number of aromatic nitrogens is 2. The second-order valence-corrected chi connectivity index (χ2v) is 10.5. The lowest BCUT2D eigenvalue weighted by Gasteiger charge is -2.28. The summed E-state index contributed by atoms with van der Waals surface area (Å²) in [6, 6.07) is 8.76. The number of fused-ring (bicyclic) bond motifs is 1. The van der Waals surface area contributed by atoms with Crippen LogP contribution in [-0.4, -0.2) is 40.9 Å². The molecule has 31 heavy (non-hydrogen) atoms. The first-order valence-electron chi connectivity index (χ1n) is 9.41. The lowest BCUT2D eigenvalue weighted by Crippen LogP contribution is -2.49. The van der Waals surface area contributed by atoms with Gasteiger partial charge in [-0.15, -0.1) is 0 Å². The molecule has 2 aliphatic heterocycles. The fourth-order valence-electron chi connectivity index (χ4n) is 3.81. The quantitative estimate of drug-likeness (QED) is 0.224. The number of benzene rings is 2. The number of H-pyrrole nitrogens is 1. The fraction of sp³-hybridized carbons (Fsp3) is 0.235. The second kappa shape index (κ2) is 7.61. The first-order valence-corrected chi connectivity index (χ1v) is 12.2. The maximum Gasteiger partial charge on any atom is 0.239 e. The highest BCUT2D eigenvalue weighted by atomic mass is 32.2. The molecule has 0 bridgehead atoms. The number of imidazole rings is 1. The van der Waals surface area contributed by atoms with E-state index in [2.05, 4.69) is 37.2 Å². The molecular formula is C17H21N9O3S2. The summed E-state index contributed by atoms with van der Waals surface area (Å²) in [6.45, 7) is 1.09. The Labute approximate surface area is 180 Å². The maximum atomic E-state index is 13.2. The largest absolute Gasteiger partial charge is 0.369 e. The van der Waals surface area contributed by atoms with E-state index < -0.39 is 27.0 Å². The van der Waals surface area contributed by atoms with Gasteiger partial charge >= 0.3 is 0 Å². The van der Waals surface area contributed by atoms with Crippen molar-refractivity contribution in [3.05, 3.63) is 35.9 Å². The van der Waals surface area contributed by atoms with Crippen LogP contribution in [0.4, 0.5) is 5.95 Å². The minimum atomic E-state index is -4.24. The van der Waals surface area contributed by atoms with Gasteiger partial charge in [0.25, 0.3) is 0 Å². The van der Waals surface area contributed by atoms with Gasteiger partial charge in [-0.1, -0.05) is 18.2 Å². The minimum absolute atomic E-state index is 0.175. The highest BCUT2D eigenvalue weighted by molar-refractivity contribution is 7.91. The van der Waals surface area contributed by atoms with Crippen LogP contribution in [-0.2, 0) is 20.8 Å². The number of hydrogen-bond donors (Lipinski definition) is 8. The molecule has 0 saturated carbocycles. The van der Waals surface area contributed by atoms with E-state index in [9.17, 15) is 12.6 Å². The normalized spacial score (nSPS) is 19.0. The number of primary sulfonamides is 1. The number of rotatable bonds is 5. The Morgan fingerprint density at radius 2 is 1.81 bits per heavy atom. The van der Waals surface area contributed by atoms with Crippen molar-refractivity contribution >= 4 is 37.8 Å². The SMILES string of the molecule is Nc1nc2c(-c3ccc(S(=O)C4CNC4)c(S(N)(=O)=O)c3C3NNNN3)cccc2[nH]1. The van der Waals surface area contributed by atoms with Crippen LogP contribution in [0.15, 0.2) is 40.1 Å². The van der Waals surface area contributed by atoms with Crippen LogP contribution < -0.4 is 38.1 Å². The Balaban J connectivity index is 1.82. The minimum Gasteiger partial charge on any atom is -0.369 e. The summed E-state index contributed by atoms with van der Waals surface area (Å²) in [5.74, 6) is 0.242. The van der Waals surface area contributed by atoms with Gasteiger partial charge in [-0.05, 0) is 17.7 Å². The molecule has 2 aromatic carbocycles. The molecule has 1 atom stereocenters. The third-order valence-corrected chi connectivity index (χ3v) is 8.16. The molecule has 1 aromatic heterocycles. The van der Waals surface area contributed by atoms with Crippen LogP contribution in [0.1, 0.15) is 11.7 Å². The van der Waals surface area contributed by atoms with E-state index in [1.807, 2.05) is 18.2 Å². The molecule has 5 rings (SSSR count). The first kappa shape index (κ1) is 20.5. The zero-order valence-corrected chi connectivity index (χ0v) is 17.7. The predicted molar refractivity (Wildman–Crippen MR) is 116 cm³/mol. The highest BCUT2D eigenvalue weighted by Gasteiger charge is 2.35. The number of hydrogen-bond acceptors (Lipinski definition) is 10. The summed E-state index contributed by atoms with van der Waals surface area (Å²) in [6.07, 6.45) is -0.689. The number of nitrogen functional groups attached to an aromatic ring is 1. The van der Waals surface area contributed by atoms with Gasteiger partial charge in [0, 0.05) is 24.2 Å². The molecule has 12 nitrogen and oxygen atoms in total. The van der Waals surface area contributed by atoms with Crippen LogP contribution in [0.25, 0.3) is 22.2 Å². The van der Waals surface area contributed by atoms with Crippen molar-refractivity contribution in [3.63, 3.8) is 0 Å². The van der Waals surface area contributed by atoms with Crippen molar-refractivity contribution in [1.82, 2.24) is 37.2 Å². The molecule has 164 valence electrons. The molecule has 3 aromatic rings. The summed E-state index contributed by atoms with van der Waals surface area (Å²) < 4.78 is 38.8. The van der Waals surface area contributed by atoms with Gasteiger partial charge in [0.1, 0.15) is 11.1 Å². The van der Waals surface area contributed by atoms with Gasteiger partial charge in [0.2, 0.25) is 10.0 Å². The highest BCUT2D eigenvalue weighted by Crippen LogP contribution is 2.39. The molecule has 0 radical (unpaired) electrons. The van der Waals surface area contributed by atoms with E-state index >= 15 is 0 Å². The van der Waals surface area contributed by atoms with Crippen LogP contribution in [0, 0.1) is 0 Å². The Bertz CT molecular complexity index is 1300. The third kappa shape index (κ3) is 3.52. The van der Waals surface area contributed by atoms with E-state index in [-0.39, 0.29) is 21.0 Å². The molecule has 0 amide bonds. The van der Waals surface area contributed by atoms with Crippen LogP contribution in [0.3, 0.4) is 0 Å². The van der Waals surface area contributed by atoms with E-state index in [0.29, 0.717) is 40.8 Å². The summed E-state index contributed by atoms with van der Waals surface area (Å²) in [7, 11) is -5.80. The summed E-state index contributed by atoms with van der Waals surface area (Å²) >= 11 is 0. The van der Waals surface area contributed by atoms with Crippen molar-refractivity contribution < 1.29 is 12.6 Å². The Hall–Kier alpha value is -2.43. The zero-order chi connectivity index (χ0) is 21.8. The molecule has 0 aliphatic carbocycles. The van der Waals surface area contributed by atoms with Gasteiger partial charge < -0.3 is 16.0 Å². The molecule has 1 unspecified atom stereocenters. The number of para-hydroxylation sites is 1. The van der Waals surface area contributed by atoms with E-state index in [4.69, 9.17) is 10.9 Å². The fourth-order valence-corrected chi connectivity index (χ4v) is 6.68. The van der Waals surface area contributed by atoms with Crippen LogP contribution in [0.5, 0.6) is 0 Å². The van der Waals surface area contributed by atoms with E-state index in [1.54, 1.807) is 12.1 Å². The molecule has 14 heteroatoms. The van der Waals surface area contributed by atoms with Crippen LogP contribution >= 0.6 is 0 Å². The number of nitrogens with zero attached hydrogens (tertiary/aromatic N) is 1. The number of aromatic amines is 1. The molecular weight excluding hydrogens is 442 g/mol. The first-order chi connectivity index (χ1) is 14.8. The number of anilines is 1. The number of nitrogens with two attached hydrogens (primary N) is 2. The maximum absolute atomic E-state index is 13.2. The Morgan fingerprint density at radius 3 is 2.45 bits per heavy atom. The predicted octanol–water partition coefficient (Wildman–Crippen LogP) is -1.35. The molecule has 2 saturated heterocycles. The lowest BCUT2D eigenvalue weighted by atomic mass is 9.96. The van der Waals surface area contributed by atoms with Gasteiger partial charge in [0.15, 0.2) is 5.95 Å². The lowest BCUT2D eigenvalue weighted by molar-refractivity contribution is 0.521. The monoisotopic (exact) mass is 463 g/mol. The molecule has 2 aliphatic rings. The molecule has 10 N–H and O–H groups in total. The average molecular weight is 464 g/mol. The van der Waals surface area contributed by atoms with Crippen molar-refractivity contribution in [2.75, 3.05) is 18.8 Å². The van der Waals surface area contributed by atoms with Crippen molar-refractivity contribution in [1.29, 1.82) is 0 Å². The van der Waals surface area contributed by atoms with Gasteiger partial charge in [0.05, 0.1) is 32.0 Å². The Kier molecular flexibility index (Phi) is 5.03. The van der Waals surface area contributed by atoms with Crippen molar-refractivity contribution in [3.8, 4) is 11.1 Å². The average Bonchev–Trinajstić information content (AvgIpc) is 3.33. The number of sulfonamides is 1. The van der Waals surface area contributed by atoms with Crippen molar-refractivity contribution in [2.24, 2.45) is 5.14 Å². The smallest absolute Gasteiger partial charge is 0.239 e.